The van der Waals surface area contributed by atoms with Crippen molar-refractivity contribution in [3.05, 3.63) is 3.70 Å². The summed E-state index contributed by atoms with van der Waals surface area (Å²) in [5.74, 6) is 0.459. The molecule has 0 bridgehead atoms. The van der Waals surface area contributed by atoms with E-state index in [2.05, 4.69) is 37.7 Å². The van der Waals surface area contributed by atoms with E-state index in [-0.39, 0.29) is 18.3 Å². The van der Waals surface area contributed by atoms with Crippen LogP contribution < -0.4 is 4.90 Å². The summed E-state index contributed by atoms with van der Waals surface area (Å²) >= 11 is 2.15. The van der Waals surface area contributed by atoms with Crippen LogP contribution in [0, 0.1) is 3.70 Å². The summed E-state index contributed by atoms with van der Waals surface area (Å²) in [6.07, 6.45) is 1.09. The van der Waals surface area contributed by atoms with Gasteiger partial charge in [0.05, 0.1) is 25.1 Å². The third-order valence-electron chi connectivity index (χ3n) is 4.80. The number of nitrogens with zero attached hydrogens (tertiary/aromatic N) is 6. The Morgan fingerprint density at radius 3 is 2.64 bits per heavy atom. The molecule has 1 fully saturated rings. The predicted octanol–water partition coefficient (Wildman–Crippen LogP) is 0.451. The fourth-order valence-corrected chi connectivity index (χ4v) is 5.06. The second kappa shape index (κ2) is 6.50. The molecule has 4 rings (SSSR count). The van der Waals surface area contributed by atoms with E-state index >= 15 is 0 Å². The molecule has 1 aliphatic rings. The molecule has 3 aromatic rings. The highest BCUT2D eigenvalue weighted by molar-refractivity contribution is 14.1. The van der Waals surface area contributed by atoms with Gasteiger partial charge in [-0.1, -0.05) is 0 Å². The van der Waals surface area contributed by atoms with Crippen LogP contribution in [0.3, 0.4) is 0 Å². The van der Waals surface area contributed by atoms with Crippen LogP contribution in [0.5, 0.6) is 0 Å². The first-order valence-electron chi connectivity index (χ1n) is 8.63. The number of anilines is 1. The van der Waals surface area contributed by atoms with Gasteiger partial charge in [-0.05, 0) is 29.5 Å². The van der Waals surface area contributed by atoms with Crippen molar-refractivity contribution in [2.75, 3.05) is 37.5 Å². The Bertz CT molecular complexity index is 1200. The molecule has 1 saturated heterocycles. The zero-order valence-corrected chi connectivity index (χ0v) is 18.9. The van der Waals surface area contributed by atoms with Gasteiger partial charge < -0.3 is 19.3 Å². The second-order valence-electron chi connectivity index (χ2n) is 7.44. The first-order chi connectivity index (χ1) is 13.0. The van der Waals surface area contributed by atoms with Crippen molar-refractivity contribution in [3.8, 4) is 0 Å². The van der Waals surface area contributed by atoms with Gasteiger partial charge >= 0.3 is 0 Å². The van der Waals surface area contributed by atoms with Gasteiger partial charge in [-0.3, -0.25) is 4.68 Å². The van der Waals surface area contributed by atoms with E-state index in [9.17, 15) is 13.5 Å². The van der Waals surface area contributed by atoms with E-state index in [1.807, 2.05) is 23.6 Å². The van der Waals surface area contributed by atoms with Crippen molar-refractivity contribution in [1.29, 1.82) is 0 Å². The zero-order chi connectivity index (χ0) is 20.4. The number of aliphatic hydroxyl groups is 1. The van der Waals surface area contributed by atoms with E-state index in [1.54, 1.807) is 11.6 Å². The maximum atomic E-state index is 12.3. The van der Waals surface area contributed by atoms with Crippen LogP contribution >= 0.6 is 22.6 Å². The number of halogens is 1. The highest BCUT2D eigenvalue weighted by Crippen LogP contribution is 2.36. The molecule has 28 heavy (non-hydrogen) atoms. The molecular formula is C16H21IN6O4S. The van der Waals surface area contributed by atoms with Crippen LogP contribution in [0.1, 0.15) is 6.92 Å². The summed E-state index contributed by atoms with van der Waals surface area (Å²) < 4.78 is 34.4. The van der Waals surface area contributed by atoms with Crippen LogP contribution in [0.15, 0.2) is 5.16 Å². The van der Waals surface area contributed by atoms with Crippen LogP contribution in [0.25, 0.3) is 22.1 Å². The molecule has 0 saturated carbocycles. The number of sulfone groups is 1. The van der Waals surface area contributed by atoms with E-state index in [4.69, 9.17) is 4.74 Å². The van der Waals surface area contributed by atoms with Crippen molar-refractivity contribution in [2.45, 2.75) is 17.7 Å². The lowest BCUT2D eigenvalue weighted by molar-refractivity contribution is -0.0123. The molecule has 1 N–H and O–H groups in total. The lowest BCUT2D eigenvalue weighted by atomic mass is 10.1. The predicted molar refractivity (Wildman–Crippen MR) is 112 cm³/mol. The Hall–Kier alpha value is -1.51. The maximum absolute atomic E-state index is 12.3. The van der Waals surface area contributed by atoms with Gasteiger partial charge in [0.15, 0.2) is 0 Å². The molecule has 10 nitrogen and oxygen atoms in total. The minimum Gasteiger partial charge on any atom is -0.386 e. The molecular weight excluding hydrogens is 499 g/mol. The number of hydrogen-bond donors (Lipinski definition) is 1. The lowest BCUT2D eigenvalue weighted by Crippen LogP contribution is -2.42. The topological polar surface area (TPSA) is 115 Å². The molecule has 0 aromatic carbocycles. The van der Waals surface area contributed by atoms with Crippen molar-refractivity contribution >= 4 is 60.3 Å². The number of hydrogen-bond acceptors (Lipinski definition) is 8. The molecule has 0 unspecified atom stereocenters. The minimum absolute atomic E-state index is 0.199. The molecule has 0 spiro atoms. The third kappa shape index (κ3) is 3.15. The molecule has 152 valence electrons. The molecule has 3 aromatic heterocycles. The van der Waals surface area contributed by atoms with Crippen molar-refractivity contribution in [1.82, 2.24) is 24.3 Å². The monoisotopic (exact) mass is 520 g/mol. The van der Waals surface area contributed by atoms with E-state index < -0.39 is 15.4 Å². The summed E-state index contributed by atoms with van der Waals surface area (Å²) in [6.45, 7) is 3.01. The van der Waals surface area contributed by atoms with Crippen molar-refractivity contribution < 1.29 is 18.3 Å². The normalized spacial score (nSPS) is 21.6. The zero-order valence-electron chi connectivity index (χ0n) is 16.0. The summed E-state index contributed by atoms with van der Waals surface area (Å²) in [5.41, 5.74) is 1.10. The number of rotatable bonds is 2. The Kier molecular flexibility index (Phi) is 4.60. The molecule has 0 aliphatic carbocycles. The molecule has 0 amide bonds. The average molecular weight is 520 g/mol. The SMILES string of the molecule is Cn1nc(I)c2c1c1c(N3CCOC[C@@](C)(O)C3)nc(S(C)(=O)=O)nc1n2C. The fraction of sp³-hybridized carbons (Fsp3) is 0.562. The molecule has 0 radical (unpaired) electrons. The molecule has 12 heteroatoms. The number of aryl methyl sites for hydroxylation is 2. The summed E-state index contributed by atoms with van der Waals surface area (Å²) in [4.78, 5) is 10.6. The van der Waals surface area contributed by atoms with E-state index in [0.717, 1.165) is 21.0 Å². The number of ether oxygens (including phenoxy) is 1. The van der Waals surface area contributed by atoms with Gasteiger partial charge in [0.1, 0.15) is 31.8 Å². The third-order valence-corrected chi connectivity index (χ3v) is 6.38. The highest BCUT2D eigenvalue weighted by atomic mass is 127. The van der Waals surface area contributed by atoms with Crippen LogP contribution in [-0.2, 0) is 28.7 Å². The van der Waals surface area contributed by atoms with E-state index in [1.165, 1.54) is 0 Å². The van der Waals surface area contributed by atoms with Gasteiger partial charge in [0.2, 0.25) is 9.84 Å². The molecule has 4 heterocycles. The van der Waals surface area contributed by atoms with Gasteiger partial charge in [0.25, 0.3) is 5.16 Å². The quantitative estimate of drug-likeness (QED) is 0.383. The first kappa shape index (κ1) is 19.8. The van der Waals surface area contributed by atoms with Gasteiger partial charge in [-0.2, -0.15) is 10.1 Å². The van der Waals surface area contributed by atoms with Crippen LogP contribution in [0.2, 0.25) is 0 Å². The summed E-state index contributed by atoms with van der Waals surface area (Å²) in [7, 11) is 0.0345. The van der Waals surface area contributed by atoms with Gasteiger partial charge in [-0.15, -0.1) is 0 Å². The lowest BCUT2D eigenvalue weighted by Gasteiger charge is -2.28. The maximum Gasteiger partial charge on any atom is 0.250 e. The number of aromatic nitrogens is 5. The Labute approximate surface area is 175 Å². The van der Waals surface area contributed by atoms with Crippen LogP contribution in [-0.4, -0.2) is 76.0 Å². The summed E-state index contributed by atoms with van der Waals surface area (Å²) in [6, 6.07) is 0. The van der Waals surface area contributed by atoms with Crippen molar-refractivity contribution in [2.24, 2.45) is 14.1 Å². The largest absolute Gasteiger partial charge is 0.386 e. The summed E-state index contributed by atoms with van der Waals surface area (Å²) in [5, 5.41) is 15.6. The second-order valence-corrected chi connectivity index (χ2v) is 10.4. The average Bonchev–Trinajstić information content (AvgIpc) is 2.96. The van der Waals surface area contributed by atoms with Crippen molar-refractivity contribution in [3.63, 3.8) is 0 Å². The fourth-order valence-electron chi connectivity index (χ4n) is 3.61. The van der Waals surface area contributed by atoms with Gasteiger partial charge in [-0.25, -0.2) is 13.4 Å². The van der Waals surface area contributed by atoms with Gasteiger partial charge in [0, 0.05) is 26.9 Å². The molecule has 1 aliphatic heterocycles. The standard InChI is InChI=1S/C16H21IN6O4S/c1-16(24)7-23(5-6-27-8-16)14-9-10-11(12(17)20-22(10)3)21(2)13(9)18-15(19-14)28(4,25)26/h24H,5-8H2,1-4H3/t16-/m0/s1. The molecule has 1 atom stereocenters. The smallest absolute Gasteiger partial charge is 0.250 e. The van der Waals surface area contributed by atoms with Crippen LogP contribution in [0.4, 0.5) is 5.82 Å². The van der Waals surface area contributed by atoms with E-state index in [0.29, 0.717) is 30.0 Å². The number of β-amino-alcohol motifs (C(OH)–C–C–N with tert-alkyl or cyclic N) is 1. The Morgan fingerprint density at radius 1 is 1.25 bits per heavy atom. The minimum atomic E-state index is -3.63. The first-order valence-corrected chi connectivity index (χ1v) is 11.6. The Balaban J connectivity index is 2.10. The highest BCUT2D eigenvalue weighted by Gasteiger charge is 2.32. The number of fused-ring (bicyclic) bond motifs is 3. The Morgan fingerprint density at radius 2 is 1.96 bits per heavy atom.